The Labute approximate surface area is 114 Å². The SMILES string of the molecule is Fc1cccc(CC(Br)c2ccccc2Cl)c1. The monoisotopic (exact) mass is 312 g/mol. The van der Waals surface area contributed by atoms with Crippen molar-refractivity contribution < 1.29 is 4.39 Å². The van der Waals surface area contributed by atoms with Gasteiger partial charge >= 0.3 is 0 Å². The van der Waals surface area contributed by atoms with Crippen molar-refractivity contribution in [3.8, 4) is 0 Å². The lowest BCUT2D eigenvalue weighted by molar-refractivity contribution is 0.625. The van der Waals surface area contributed by atoms with E-state index in [-0.39, 0.29) is 10.6 Å². The summed E-state index contributed by atoms with van der Waals surface area (Å²) >= 11 is 9.70. The van der Waals surface area contributed by atoms with Crippen LogP contribution in [-0.4, -0.2) is 0 Å². The van der Waals surface area contributed by atoms with Crippen molar-refractivity contribution in [3.63, 3.8) is 0 Å². The molecule has 0 heterocycles. The minimum atomic E-state index is -0.207. The Hall–Kier alpha value is -0.860. The maximum Gasteiger partial charge on any atom is 0.123 e. The van der Waals surface area contributed by atoms with Crippen LogP contribution < -0.4 is 0 Å². The van der Waals surface area contributed by atoms with E-state index in [9.17, 15) is 4.39 Å². The zero-order valence-corrected chi connectivity index (χ0v) is 11.4. The van der Waals surface area contributed by atoms with E-state index in [1.165, 1.54) is 6.07 Å². The van der Waals surface area contributed by atoms with Gasteiger partial charge in [-0.15, -0.1) is 0 Å². The van der Waals surface area contributed by atoms with Crippen LogP contribution in [0.3, 0.4) is 0 Å². The molecule has 0 spiro atoms. The lowest BCUT2D eigenvalue weighted by atomic mass is 10.0. The predicted octanol–water partition coefficient (Wildman–Crippen LogP) is 5.16. The van der Waals surface area contributed by atoms with Crippen molar-refractivity contribution in [2.24, 2.45) is 0 Å². The first-order valence-electron chi connectivity index (χ1n) is 5.30. The molecular formula is C14H11BrClF. The number of alkyl halides is 1. The summed E-state index contributed by atoms with van der Waals surface area (Å²) in [4.78, 5) is 0.0954. The van der Waals surface area contributed by atoms with Gasteiger partial charge in [0.1, 0.15) is 5.82 Å². The van der Waals surface area contributed by atoms with Gasteiger partial charge in [-0.1, -0.05) is 57.9 Å². The van der Waals surface area contributed by atoms with Gasteiger partial charge in [0.15, 0.2) is 0 Å². The molecule has 3 heteroatoms. The van der Waals surface area contributed by atoms with Crippen LogP contribution in [0.25, 0.3) is 0 Å². The molecule has 17 heavy (non-hydrogen) atoms. The molecule has 0 N–H and O–H groups in total. The first kappa shape index (κ1) is 12.6. The van der Waals surface area contributed by atoms with Crippen LogP contribution in [0.2, 0.25) is 5.02 Å². The molecule has 0 fully saturated rings. The standard InChI is InChI=1S/C14H11BrClF/c15-13(12-6-1-2-7-14(12)16)9-10-4-3-5-11(17)8-10/h1-8,13H,9H2. The van der Waals surface area contributed by atoms with Crippen molar-refractivity contribution in [2.75, 3.05) is 0 Å². The molecule has 0 aliphatic rings. The van der Waals surface area contributed by atoms with E-state index >= 15 is 0 Å². The fraction of sp³-hybridized carbons (Fsp3) is 0.143. The summed E-state index contributed by atoms with van der Waals surface area (Å²) in [6, 6.07) is 14.3. The molecule has 0 bridgehead atoms. The Bertz CT molecular complexity index is 513. The van der Waals surface area contributed by atoms with E-state index in [2.05, 4.69) is 15.9 Å². The number of hydrogen-bond donors (Lipinski definition) is 0. The fourth-order valence-electron chi connectivity index (χ4n) is 1.71. The first-order valence-corrected chi connectivity index (χ1v) is 6.59. The summed E-state index contributed by atoms with van der Waals surface area (Å²) in [5.74, 6) is -0.207. The molecule has 0 saturated carbocycles. The number of hydrogen-bond acceptors (Lipinski definition) is 0. The minimum Gasteiger partial charge on any atom is -0.207 e. The highest BCUT2D eigenvalue weighted by molar-refractivity contribution is 9.09. The molecule has 2 aromatic carbocycles. The summed E-state index contributed by atoms with van der Waals surface area (Å²) in [7, 11) is 0. The van der Waals surface area contributed by atoms with Gasteiger partial charge < -0.3 is 0 Å². The highest BCUT2D eigenvalue weighted by Gasteiger charge is 2.11. The van der Waals surface area contributed by atoms with E-state index < -0.39 is 0 Å². The van der Waals surface area contributed by atoms with Crippen LogP contribution in [-0.2, 0) is 6.42 Å². The molecule has 0 saturated heterocycles. The quantitative estimate of drug-likeness (QED) is 0.687. The van der Waals surface area contributed by atoms with Crippen molar-refractivity contribution in [2.45, 2.75) is 11.2 Å². The first-order chi connectivity index (χ1) is 8.16. The Kier molecular flexibility index (Phi) is 4.19. The number of benzene rings is 2. The highest BCUT2D eigenvalue weighted by atomic mass is 79.9. The predicted molar refractivity (Wildman–Crippen MR) is 73.2 cm³/mol. The van der Waals surface area contributed by atoms with Gasteiger partial charge in [0.05, 0.1) is 0 Å². The van der Waals surface area contributed by atoms with Crippen molar-refractivity contribution in [1.82, 2.24) is 0 Å². The molecule has 0 aliphatic heterocycles. The van der Waals surface area contributed by atoms with Crippen LogP contribution >= 0.6 is 27.5 Å². The zero-order chi connectivity index (χ0) is 12.3. The summed E-state index contributed by atoms with van der Waals surface area (Å²) in [6.45, 7) is 0. The van der Waals surface area contributed by atoms with E-state index in [1.807, 2.05) is 30.3 Å². The summed E-state index contributed by atoms with van der Waals surface area (Å²) < 4.78 is 13.1. The van der Waals surface area contributed by atoms with Gasteiger partial charge in [-0.2, -0.15) is 0 Å². The third-order valence-corrected chi connectivity index (χ3v) is 3.71. The zero-order valence-electron chi connectivity index (χ0n) is 9.04. The van der Waals surface area contributed by atoms with Crippen LogP contribution in [0.4, 0.5) is 4.39 Å². The lowest BCUT2D eigenvalue weighted by Gasteiger charge is -2.12. The van der Waals surface area contributed by atoms with Gasteiger partial charge in [-0.25, -0.2) is 4.39 Å². The molecule has 1 unspecified atom stereocenters. The summed E-state index contributed by atoms with van der Waals surface area (Å²) in [5, 5.41) is 0.728. The third kappa shape index (κ3) is 3.30. The van der Waals surface area contributed by atoms with Gasteiger partial charge in [0.2, 0.25) is 0 Å². The second-order valence-corrected chi connectivity index (χ2v) is 5.34. The lowest BCUT2D eigenvalue weighted by Crippen LogP contribution is -1.96. The number of halogens is 3. The smallest absolute Gasteiger partial charge is 0.123 e. The van der Waals surface area contributed by atoms with Gasteiger partial charge in [0, 0.05) is 9.85 Å². The van der Waals surface area contributed by atoms with Crippen molar-refractivity contribution in [1.29, 1.82) is 0 Å². The normalized spacial score (nSPS) is 12.4. The Morgan fingerprint density at radius 3 is 2.59 bits per heavy atom. The molecule has 0 nitrogen and oxygen atoms in total. The Morgan fingerprint density at radius 2 is 1.88 bits per heavy atom. The maximum absolute atomic E-state index is 13.1. The van der Waals surface area contributed by atoms with Crippen LogP contribution in [0.1, 0.15) is 16.0 Å². The second kappa shape index (κ2) is 5.65. The molecular weight excluding hydrogens is 303 g/mol. The maximum atomic E-state index is 13.1. The van der Waals surface area contributed by atoms with E-state index in [0.717, 1.165) is 16.1 Å². The van der Waals surface area contributed by atoms with Gasteiger partial charge in [0.25, 0.3) is 0 Å². The molecule has 0 aromatic heterocycles. The molecule has 0 radical (unpaired) electrons. The van der Waals surface area contributed by atoms with E-state index in [0.29, 0.717) is 6.42 Å². The van der Waals surface area contributed by atoms with E-state index in [1.54, 1.807) is 12.1 Å². The Morgan fingerprint density at radius 1 is 1.12 bits per heavy atom. The van der Waals surface area contributed by atoms with Crippen molar-refractivity contribution in [3.05, 3.63) is 70.5 Å². The van der Waals surface area contributed by atoms with Gasteiger partial charge in [-0.05, 0) is 35.7 Å². The average molecular weight is 314 g/mol. The molecule has 1 atom stereocenters. The van der Waals surface area contributed by atoms with Gasteiger partial charge in [-0.3, -0.25) is 0 Å². The summed E-state index contributed by atoms with van der Waals surface area (Å²) in [6.07, 6.45) is 0.710. The van der Waals surface area contributed by atoms with Crippen LogP contribution in [0.15, 0.2) is 48.5 Å². The third-order valence-electron chi connectivity index (χ3n) is 2.55. The van der Waals surface area contributed by atoms with Crippen molar-refractivity contribution >= 4 is 27.5 Å². The fourth-order valence-corrected chi connectivity index (χ4v) is 2.88. The highest BCUT2D eigenvalue weighted by Crippen LogP contribution is 2.32. The molecule has 0 amide bonds. The number of rotatable bonds is 3. The van der Waals surface area contributed by atoms with E-state index in [4.69, 9.17) is 11.6 Å². The minimum absolute atomic E-state index is 0.0954. The largest absolute Gasteiger partial charge is 0.207 e. The summed E-state index contributed by atoms with van der Waals surface area (Å²) in [5.41, 5.74) is 1.98. The molecule has 0 aliphatic carbocycles. The molecule has 2 aromatic rings. The second-order valence-electron chi connectivity index (χ2n) is 3.82. The molecule has 88 valence electrons. The average Bonchev–Trinajstić information content (AvgIpc) is 2.29. The van der Waals surface area contributed by atoms with Crippen LogP contribution in [0, 0.1) is 5.82 Å². The topological polar surface area (TPSA) is 0 Å². The Balaban J connectivity index is 2.17. The van der Waals surface area contributed by atoms with Crippen LogP contribution in [0.5, 0.6) is 0 Å². The molecule has 2 rings (SSSR count).